The monoisotopic (exact) mass is 463 g/mol. The Morgan fingerprint density at radius 1 is 1.32 bits per heavy atom. The van der Waals surface area contributed by atoms with Crippen LogP contribution in [0.15, 0.2) is 71.5 Å². The highest BCUT2D eigenvalue weighted by Gasteiger charge is 2.22. The molecule has 1 amide bonds. The predicted molar refractivity (Wildman–Crippen MR) is 138 cm³/mol. The maximum atomic E-state index is 13.6. The van der Waals surface area contributed by atoms with Crippen LogP contribution in [0.2, 0.25) is 0 Å². The van der Waals surface area contributed by atoms with Gasteiger partial charge in [0.05, 0.1) is 30.3 Å². The first kappa shape index (κ1) is 26.9. The molecule has 7 nitrogen and oxygen atoms in total. The average Bonchev–Trinajstić information content (AvgIpc) is 3.35. The maximum absolute atomic E-state index is 13.6. The third kappa shape index (κ3) is 7.63. The zero-order chi connectivity index (χ0) is 25.1. The minimum absolute atomic E-state index is 0.0411. The number of rotatable bonds is 13. The van der Waals surface area contributed by atoms with Gasteiger partial charge >= 0.3 is 0 Å². The summed E-state index contributed by atoms with van der Waals surface area (Å²) in [7, 11) is 0. The zero-order valence-corrected chi connectivity index (χ0v) is 21.1. The molecule has 7 heteroatoms. The van der Waals surface area contributed by atoms with Gasteiger partial charge < -0.3 is 9.64 Å². The molecule has 0 aliphatic heterocycles. The number of aromatic nitrogens is 3. The van der Waals surface area contributed by atoms with Crippen molar-refractivity contribution in [2.24, 2.45) is 10.9 Å². The van der Waals surface area contributed by atoms with Crippen LogP contribution in [0, 0.1) is 12.8 Å². The summed E-state index contributed by atoms with van der Waals surface area (Å²) in [5.74, 6) is 0.0554. The van der Waals surface area contributed by atoms with E-state index in [0.717, 1.165) is 23.1 Å². The van der Waals surface area contributed by atoms with E-state index >= 15 is 0 Å². The minimum Gasteiger partial charge on any atom is -0.353 e. The highest BCUT2D eigenvalue weighted by molar-refractivity contribution is 5.98. The van der Waals surface area contributed by atoms with Gasteiger partial charge in [0.25, 0.3) is 5.91 Å². The normalized spacial score (nSPS) is 13.6. The molecule has 0 saturated heterocycles. The van der Waals surface area contributed by atoms with Gasteiger partial charge in [0, 0.05) is 13.1 Å². The molecule has 2 rings (SSSR count). The lowest BCUT2D eigenvalue weighted by atomic mass is 10.1. The molecule has 0 N–H and O–H groups in total. The van der Waals surface area contributed by atoms with E-state index in [9.17, 15) is 4.79 Å². The van der Waals surface area contributed by atoms with Crippen LogP contribution in [0.3, 0.4) is 0 Å². The van der Waals surface area contributed by atoms with Gasteiger partial charge in [-0.3, -0.25) is 9.79 Å². The average molecular weight is 464 g/mol. The van der Waals surface area contributed by atoms with Crippen LogP contribution in [0.4, 0.5) is 0 Å². The SMILES string of the molecule is C=NC(C=C(/C=C\C)C(=C)C)OCC(C)CN(CCC)C(=O)c1cc(C)ccc1-n1nccn1. The van der Waals surface area contributed by atoms with E-state index in [-0.39, 0.29) is 11.8 Å². The van der Waals surface area contributed by atoms with Crippen molar-refractivity contribution in [3.63, 3.8) is 0 Å². The summed E-state index contributed by atoms with van der Waals surface area (Å²) < 4.78 is 6.00. The number of nitrogens with zero attached hydrogens (tertiary/aromatic N) is 5. The van der Waals surface area contributed by atoms with E-state index < -0.39 is 6.23 Å². The standard InChI is InChI=1S/C27H37N5O2/c1-8-10-23(20(3)4)17-26(28-7)34-19-22(6)18-31(15-9-2)27(33)24-16-21(5)11-12-25(24)32-29-13-14-30-32/h8,10-14,16-17,22,26H,3,7,9,15,18-19H2,1-2,4-6H3/b10-8-,23-17?. The van der Waals surface area contributed by atoms with E-state index in [1.165, 1.54) is 4.80 Å². The fourth-order valence-electron chi connectivity index (χ4n) is 3.57. The molecule has 0 aliphatic rings. The Balaban J connectivity index is 2.15. The summed E-state index contributed by atoms with van der Waals surface area (Å²) in [5, 5.41) is 8.43. The van der Waals surface area contributed by atoms with Crippen LogP contribution < -0.4 is 0 Å². The molecule has 0 aliphatic carbocycles. The molecule has 0 radical (unpaired) electrons. The molecule has 1 aromatic heterocycles. The van der Waals surface area contributed by atoms with Gasteiger partial charge in [0.15, 0.2) is 6.23 Å². The third-order valence-electron chi connectivity index (χ3n) is 5.22. The number of aliphatic imine (C=N–C) groups is 1. The van der Waals surface area contributed by atoms with Crippen molar-refractivity contribution in [1.82, 2.24) is 19.9 Å². The van der Waals surface area contributed by atoms with E-state index in [4.69, 9.17) is 4.74 Å². The van der Waals surface area contributed by atoms with Crippen molar-refractivity contribution in [2.75, 3.05) is 19.7 Å². The summed E-state index contributed by atoms with van der Waals surface area (Å²) in [6.45, 7) is 19.3. The van der Waals surface area contributed by atoms with Crippen molar-refractivity contribution in [2.45, 2.75) is 47.3 Å². The number of benzene rings is 1. The van der Waals surface area contributed by atoms with Gasteiger partial charge in [-0.05, 0) is 63.6 Å². The molecule has 182 valence electrons. The number of hydrogen-bond donors (Lipinski definition) is 0. The first-order valence-electron chi connectivity index (χ1n) is 11.6. The van der Waals surface area contributed by atoms with Crippen LogP contribution in [0.5, 0.6) is 0 Å². The second kappa shape index (κ2) is 13.4. The van der Waals surface area contributed by atoms with E-state index in [1.54, 1.807) is 12.4 Å². The Morgan fingerprint density at radius 2 is 2.03 bits per heavy atom. The molecule has 2 aromatic rings. The van der Waals surface area contributed by atoms with Crippen LogP contribution in [0.1, 0.15) is 50.0 Å². The Labute approximate surface area is 203 Å². The summed E-state index contributed by atoms with van der Waals surface area (Å²) in [6, 6.07) is 5.74. The third-order valence-corrected chi connectivity index (χ3v) is 5.22. The van der Waals surface area contributed by atoms with Crippen molar-refractivity contribution in [1.29, 1.82) is 0 Å². The molecule has 0 bridgehead atoms. The van der Waals surface area contributed by atoms with Crippen LogP contribution >= 0.6 is 0 Å². The number of ether oxygens (including phenoxy) is 1. The molecular formula is C27H37N5O2. The first-order chi connectivity index (χ1) is 16.3. The lowest BCUT2D eigenvalue weighted by molar-refractivity contribution is 0.0486. The lowest BCUT2D eigenvalue weighted by Crippen LogP contribution is -2.37. The number of carbonyl (C=O) groups is 1. The van der Waals surface area contributed by atoms with Crippen LogP contribution in [0.25, 0.3) is 5.69 Å². The van der Waals surface area contributed by atoms with Crippen molar-refractivity contribution in [3.05, 3.63) is 77.7 Å². The summed E-state index contributed by atoms with van der Waals surface area (Å²) in [5.41, 5.74) is 4.17. The number of amides is 1. The van der Waals surface area contributed by atoms with Gasteiger partial charge in [0.1, 0.15) is 0 Å². The summed E-state index contributed by atoms with van der Waals surface area (Å²) in [6.07, 6.45) is 9.42. The highest BCUT2D eigenvalue weighted by Crippen LogP contribution is 2.19. The summed E-state index contributed by atoms with van der Waals surface area (Å²) in [4.78, 5) is 21.0. The number of hydrogen-bond acceptors (Lipinski definition) is 5. The minimum atomic E-state index is -0.477. The Hall–Kier alpha value is -3.32. The van der Waals surface area contributed by atoms with Crippen molar-refractivity contribution >= 4 is 12.6 Å². The van der Waals surface area contributed by atoms with Gasteiger partial charge in [-0.1, -0.05) is 49.8 Å². The van der Waals surface area contributed by atoms with Crippen molar-refractivity contribution < 1.29 is 9.53 Å². The molecule has 2 atom stereocenters. The summed E-state index contributed by atoms with van der Waals surface area (Å²) >= 11 is 0. The Bertz CT molecular complexity index is 1020. The topological polar surface area (TPSA) is 72.6 Å². The number of aryl methyl sites for hydroxylation is 1. The molecule has 1 aromatic carbocycles. The molecule has 1 heterocycles. The largest absolute Gasteiger partial charge is 0.353 e. The first-order valence-corrected chi connectivity index (χ1v) is 11.6. The smallest absolute Gasteiger partial charge is 0.256 e. The fourth-order valence-corrected chi connectivity index (χ4v) is 3.57. The quantitative estimate of drug-likeness (QED) is 0.303. The van der Waals surface area contributed by atoms with Gasteiger partial charge in [-0.2, -0.15) is 15.0 Å². The van der Waals surface area contributed by atoms with Crippen LogP contribution in [-0.2, 0) is 4.74 Å². The Morgan fingerprint density at radius 3 is 2.62 bits per heavy atom. The molecule has 2 unspecified atom stereocenters. The van der Waals surface area contributed by atoms with Gasteiger partial charge in [-0.15, -0.1) is 0 Å². The molecule has 0 saturated carbocycles. The lowest BCUT2D eigenvalue weighted by Gasteiger charge is -2.27. The zero-order valence-electron chi connectivity index (χ0n) is 21.1. The second-order valence-corrected chi connectivity index (χ2v) is 8.50. The number of carbonyl (C=O) groups excluding carboxylic acids is 1. The maximum Gasteiger partial charge on any atom is 0.256 e. The molecule has 34 heavy (non-hydrogen) atoms. The number of allylic oxidation sites excluding steroid dienone is 4. The van der Waals surface area contributed by atoms with Gasteiger partial charge in [0.2, 0.25) is 0 Å². The molecule has 0 fully saturated rings. The second-order valence-electron chi connectivity index (χ2n) is 8.50. The van der Waals surface area contributed by atoms with Gasteiger partial charge in [-0.25, -0.2) is 0 Å². The van der Waals surface area contributed by atoms with E-state index in [0.29, 0.717) is 30.9 Å². The fraction of sp³-hybridized carbons (Fsp3) is 0.407. The van der Waals surface area contributed by atoms with Crippen LogP contribution in [-0.4, -0.2) is 58.4 Å². The molecule has 0 spiro atoms. The predicted octanol–water partition coefficient (Wildman–Crippen LogP) is 5.19. The Kier molecular flexibility index (Phi) is 10.6. The van der Waals surface area contributed by atoms with Crippen molar-refractivity contribution in [3.8, 4) is 5.69 Å². The van der Waals surface area contributed by atoms with E-state index in [1.807, 2.05) is 62.1 Å². The highest BCUT2D eigenvalue weighted by atomic mass is 16.5. The van der Waals surface area contributed by atoms with E-state index in [2.05, 4.69) is 42.3 Å². The molecular weight excluding hydrogens is 426 g/mol.